The SMILES string of the molecule is [2H]C1([2H])CC[C@@]2(COc3nc(N4C[C@H]5CC[C@@H](C4)N5)c4cnn(-c5cc(O)cc(Cl)c5C(F)(F)F)c(=O)c4n3)C[C@@]([2H])(F)CN12. The van der Waals surface area contributed by atoms with Gasteiger partial charge >= 0.3 is 12.2 Å². The summed E-state index contributed by atoms with van der Waals surface area (Å²) in [7, 11) is 0. The lowest BCUT2D eigenvalue weighted by atomic mass is 9.95. The van der Waals surface area contributed by atoms with Crippen LogP contribution in [0, 0.1) is 0 Å². The van der Waals surface area contributed by atoms with E-state index in [1.165, 1.54) is 11.1 Å². The van der Waals surface area contributed by atoms with E-state index in [0.717, 1.165) is 18.9 Å². The van der Waals surface area contributed by atoms with Crippen LogP contribution in [0.15, 0.2) is 23.1 Å². The number of phenols is 1. The second-order valence-corrected chi connectivity index (χ2v) is 11.7. The molecule has 6 heterocycles. The van der Waals surface area contributed by atoms with E-state index in [0.29, 0.717) is 23.8 Å². The van der Waals surface area contributed by atoms with Crippen LogP contribution in [-0.2, 0) is 6.18 Å². The van der Waals surface area contributed by atoms with E-state index < -0.39 is 58.5 Å². The molecular formula is C27H28ClF4N7O3. The van der Waals surface area contributed by atoms with E-state index in [1.807, 2.05) is 4.90 Å². The molecule has 2 aromatic heterocycles. The smallest absolute Gasteiger partial charge is 0.419 e. The summed E-state index contributed by atoms with van der Waals surface area (Å²) in [4.78, 5) is 25.9. The number of piperazine rings is 1. The normalized spacial score (nSPS) is 31.6. The van der Waals surface area contributed by atoms with E-state index in [1.54, 1.807) is 0 Å². The van der Waals surface area contributed by atoms with Crippen molar-refractivity contribution in [3.63, 3.8) is 0 Å². The largest absolute Gasteiger partial charge is 0.508 e. The van der Waals surface area contributed by atoms with Gasteiger partial charge in [0.15, 0.2) is 0 Å². The zero-order valence-electron chi connectivity index (χ0n) is 25.1. The Morgan fingerprint density at radius 2 is 2.00 bits per heavy atom. The number of ether oxygens (including phenoxy) is 1. The van der Waals surface area contributed by atoms with Gasteiger partial charge in [0.2, 0.25) is 0 Å². The fourth-order valence-electron chi connectivity index (χ4n) is 6.58. The monoisotopic (exact) mass is 612 g/mol. The minimum Gasteiger partial charge on any atom is -0.508 e. The number of hydrogen-bond donors (Lipinski definition) is 2. The van der Waals surface area contributed by atoms with Crippen molar-refractivity contribution in [3.05, 3.63) is 39.3 Å². The van der Waals surface area contributed by atoms with Gasteiger partial charge in [-0.1, -0.05) is 11.6 Å². The van der Waals surface area contributed by atoms with Crippen molar-refractivity contribution in [1.82, 2.24) is 30.0 Å². The summed E-state index contributed by atoms with van der Waals surface area (Å²) in [5, 5.41) is 16.9. The molecule has 0 spiro atoms. The van der Waals surface area contributed by atoms with Gasteiger partial charge in [0.25, 0.3) is 5.56 Å². The Balaban J connectivity index is 1.35. The molecule has 0 radical (unpaired) electrons. The van der Waals surface area contributed by atoms with Crippen molar-refractivity contribution in [2.45, 2.75) is 62.1 Å². The van der Waals surface area contributed by atoms with Crippen LogP contribution in [0.4, 0.5) is 23.4 Å². The van der Waals surface area contributed by atoms with E-state index in [2.05, 4.69) is 20.4 Å². The molecule has 4 aliphatic rings. The van der Waals surface area contributed by atoms with Crippen molar-refractivity contribution in [2.75, 3.05) is 37.6 Å². The van der Waals surface area contributed by atoms with Crippen LogP contribution >= 0.6 is 11.6 Å². The number of anilines is 1. The number of aromatic nitrogens is 4. The zero-order chi connectivity index (χ0) is 32.1. The van der Waals surface area contributed by atoms with Crippen molar-refractivity contribution < 1.29 is 31.5 Å². The number of halogens is 5. The Hall–Kier alpha value is -3.23. The molecule has 4 fully saturated rings. The molecule has 2 N–H and O–H groups in total. The average Bonchev–Trinajstić information content (AvgIpc) is 3.51. The first-order valence-electron chi connectivity index (χ1n) is 15.1. The van der Waals surface area contributed by atoms with Gasteiger partial charge in [0.1, 0.15) is 35.4 Å². The standard InChI is InChI=1S/C27H28ClF4N7O3/c28-19-6-17(40)7-20(21(19)27(30,31)32)39-24(41)22-18(9-33-39)23(37-11-15-2-3-16(12-37)34-15)36-25(35-22)42-13-26-4-1-5-38(26)10-14(29)8-26/h6-7,9,14-16,34,40H,1-5,8,10-13H2/t14-,15-,16+,26+/m1/s1/i5D2,14D. The number of fused-ring (bicyclic) bond motifs is 4. The molecule has 0 unspecified atom stereocenters. The number of alkyl halides is 4. The highest BCUT2D eigenvalue weighted by Crippen LogP contribution is 2.42. The molecule has 1 aromatic carbocycles. The maximum Gasteiger partial charge on any atom is 0.419 e. The molecule has 4 atom stereocenters. The summed E-state index contributed by atoms with van der Waals surface area (Å²) in [6.07, 6.45) is -4.36. The Morgan fingerprint density at radius 1 is 1.24 bits per heavy atom. The highest BCUT2D eigenvalue weighted by Gasteiger charge is 2.49. The summed E-state index contributed by atoms with van der Waals surface area (Å²) in [5.41, 5.74) is -4.71. The summed E-state index contributed by atoms with van der Waals surface area (Å²) < 4.78 is 88.1. The van der Waals surface area contributed by atoms with Crippen molar-refractivity contribution in [3.8, 4) is 17.4 Å². The summed E-state index contributed by atoms with van der Waals surface area (Å²) >= 11 is 5.86. The average molecular weight is 613 g/mol. The van der Waals surface area contributed by atoms with E-state index in [9.17, 15) is 27.5 Å². The lowest BCUT2D eigenvalue weighted by molar-refractivity contribution is -0.137. The maximum absolute atomic E-state index is 14.9. The zero-order valence-corrected chi connectivity index (χ0v) is 22.8. The fraction of sp³-hybridized carbons (Fsp3) is 0.556. The Bertz CT molecular complexity index is 1750. The molecular weight excluding hydrogens is 582 g/mol. The molecule has 7 rings (SSSR count). The summed E-state index contributed by atoms with van der Waals surface area (Å²) in [6, 6.07) is 1.43. The van der Waals surface area contributed by atoms with Gasteiger partial charge in [-0.3, -0.25) is 9.69 Å². The van der Waals surface area contributed by atoms with E-state index in [-0.39, 0.29) is 60.7 Å². The van der Waals surface area contributed by atoms with Gasteiger partial charge in [0, 0.05) is 46.9 Å². The van der Waals surface area contributed by atoms with Crippen LogP contribution in [0.3, 0.4) is 0 Å². The lowest BCUT2D eigenvalue weighted by Gasteiger charge is -2.34. The molecule has 0 amide bonds. The molecule has 224 valence electrons. The maximum atomic E-state index is 14.9. The van der Waals surface area contributed by atoms with Crippen molar-refractivity contribution in [1.29, 1.82) is 0 Å². The highest BCUT2D eigenvalue weighted by atomic mass is 35.5. The van der Waals surface area contributed by atoms with Crippen LogP contribution < -0.4 is 20.5 Å². The van der Waals surface area contributed by atoms with Crippen LogP contribution in [0.5, 0.6) is 11.8 Å². The molecule has 2 bridgehead atoms. The van der Waals surface area contributed by atoms with Gasteiger partial charge < -0.3 is 20.1 Å². The molecule has 0 aliphatic carbocycles. The van der Waals surface area contributed by atoms with Gasteiger partial charge in [-0.2, -0.15) is 32.9 Å². The predicted octanol–water partition coefficient (Wildman–Crippen LogP) is 3.45. The first kappa shape index (κ1) is 24.2. The van der Waals surface area contributed by atoms with Gasteiger partial charge in [-0.05, 0) is 38.2 Å². The summed E-state index contributed by atoms with van der Waals surface area (Å²) in [5.74, 6) is -0.339. The number of hydrogen-bond acceptors (Lipinski definition) is 9. The van der Waals surface area contributed by atoms with Crippen LogP contribution in [0.2, 0.25) is 5.02 Å². The van der Waals surface area contributed by atoms with Crippen LogP contribution in [0.25, 0.3) is 16.6 Å². The quantitative estimate of drug-likeness (QED) is 0.419. The molecule has 4 aliphatic heterocycles. The Labute approximate surface area is 246 Å². The number of phenolic OH excluding ortho intramolecular Hbond substituents is 1. The molecule has 10 nitrogen and oxygen atoms in total. The third-order valence-electron chi connectivity index (χ3n) is 8.47. The second-order valence-electron chi connectivity index (χ2n) is 11.3. The first-order valence-corrected chi connectivity index (χ1v) is 13.9. The molecule has 4 saturated heterocycles. The predicted molar refractivity (Wildman–Crippen MR) is 145 cm³/mol. The van der Waals surface area contributed by atoms with Crippen LogP contribution in [-0.4, -0.2) is 86.3 Å². The third kappa shape index (κ3) is 4.63. The van der Waals surface area contributed by atoms with E-state index >= 15 is 0 Å². The second kappa shape index (κ2) is 9.91. The van der Waals surface area contributed by atoms with Crippen molar-refractivity contribution >= 4 is 28.3 Å². The molecule has 0 saturated carbocycles. The number of rotatable bonds is 5. The van der Waals surface area contributed by atoms with Gasteiger partial charge in [0.05, 0.1) is 29.2 Å². The topological polar surface area (TPSA) is 109 Å². The fourth-order valence-corrected chi connectivity index (χ4v) is 6.89. The van der Waals surface area contributed by atoms with Gasteiger partial charge in [-0.25, -0.2) is 4.39 Å². The number of nitrogens with one attached hydrogen (secondary N) is 1. The Morgan fingerprint density at radius 3 is 2.74 bits per heavy atom. The van der Waals surface area contributed by atoms with Crippen LogP contribution in [0.1, 0.15) is 41.8 Å². The number of aromatic hydroxyl groups is 1. The van der Waals surface area contributed by atoms with E-state index in [4.69, 9.17) is 20.5 Å². The molecule has 15 heteroatoms. The summed E-state index contributed by atoms with van der Waals surface area (Å²) in [6.45, 7) is -1.54. The minimum atomic E-state index is -5.00. The molecule has 3 aromatic rings. The Kier molecular flexibility index (Phi) is 5.72. The van der Waals surface area contributed by atoms with Crippen molar-refractivity contribution in [2.24, 2.45) is 0 Å². The van der Waals surface area contributed by atoms with Gasteiger partial charge in [-0.15, -0.1) is 0 Å². The third-order valence-corrected chi connectivity index (χ3v) is 8.77. The number of benzene rings is 1. The minimum absolute atomic E-state index is 0.101. The number of nitrogens with zero attached hydrogens (tertiary/aromatic N) is 6. The highest BCUT2D eigenvalue weighted by molar-refractivity contribution is 6.31. The molecule has 42 heavy (non-hydrogen) atoms. The first-order chi connectivity index (χ1) is 21.1. The lowest BCUT2D eigenvalue weighted by Crippen LogP contribution is -2.51.